The minimum absolute atomic E-state index is 0.264. The molecule has 0 aliphatic carbocycles. The summed E-state index contributed by atoms with van der Waals surface area (Å²) in [4.78, 5) is 23.2. The highest BCUT2D eigenvalue weighted by molar-refractivity contribution is 7.99. The van der Waals surface area contributed by atoms with Gasteiger partial charge in [0.1, 0.15) is 5.56 Å². The van der Waals surface area contributed by atoms with Crippen LogP contribution in [0.3, 0.4) is 0 Å². The lowest BCUT2D eigenvalue weighted by Crippen LogP contribution is -2.31. The third kappa shape index (κ3) is 2.81. The Balaban J connectivity index is 2.34. The normalized spacial score (nSPS) is 18.3. The van der Waals surface area contributed by atoms with Gasteiger partial charge in [0.15, 0.2) is 0 Å². The number of nitro groups is 1. The Morgan fingerprint density at radius 1 is 1.58 bits per heavy atom. The molecule has 6 nitrogen and oxygen atoms in total. The minimum atomic E-state index is -1.28. The molecule has 0 radical (unpaired) electrons. The lowest BCUT2D eigenvalue weighted by Gasteiger charge is -2.26. The van der Waals surface area contributed by atoms with Crippen LogP contribution < -0.4 is 4.90 Å². The number of nitro benzene ring substituents is 1. The number of hydrogen-bond donors (Lipinski definition) is 1. The van der Waals surface area contributed by atoms with Crippen molar-refractivity contribution in [3.8, 4) is 0 Å². The van der Waals surface area contributed by atoms with Crippen molar-refractivity contribution in [3.63, 3.8) is 0 Å². The third-order valence-electron chi connectivity index (χ3n) is 3.27. The first-order valence-electron chi connectivity index (χ1n) is 5.83. The zero-order chi connectivity index (χ0) is 14.0. The lowest BCUT2D eigenvalue weighted by molar-refractivity contribution is -0.385. The van der Waals surface area contributed by atoms with Crippen LogP contribution in [-0.2, 0) is 0 Å². The molecule has 1 atom stereocenters. The molecule has 0 spiro atoms. The topological polar surface area (TPSA) is 83.7 Å². The van der Waals surface area contributed by atoms with Crippen molar-refractivity contribution in [3.05, 3.63) is 33.9 Å². The second-order valence-corrected chi connectivity index (χ2v) is 5.54. The first-order chi connectivity index (χ1) is 9.00. The van der Waals surface area contributed by atoms with Crippen LogP contribution >= 0.6 is 11.8 Å². The summed E-state index contributed by atoms with van der Waals surface area (Å²) in [5, 5.41) is 19.8. The summed E-state index contributed by atoms with van der Waals surface area (Å²) in [5.74, 6) is 0.812. The first kappa shape index (κ1) is 13.7. The van der Waals surface area contributed by atoms with Crippen LogP contribution in [0.4, 0.5) is 11.4 Å². The molecule has 1 aliphatic heterocycles. The van der Waals surface area contributed by atoms with E-state index in [1.807, 2.05) is 23.7 Å². The molecule has 1 fully saturated rings. The Morgan fingerprint density at radius 2 is 2.32 bits per heavy atom. The molecule has 1 heterocycles. The summed E-state index contributed by atoms with van der Waals surface area (Å²) < 4.78 is 0. The maximum Gasteiger partial charge on any atom is 0.342 e. The van der Waals surface area contributed by atoms with Crippen molar-refractivity contribution in [2.75, 3.05) is 23.5 Å². The predicted molar refractivity (Wildman–Crippen MR) is 74.2 cm³/mol. The fraction of sp³-hybridized carbons (Fsp3) is 0.417. The molecular formula is C12H14N2O4S. The average molecular weight is 282 g/mol. The second-order valence-electron chi connectivity index (χ2n) is 4.39. The quantitative estimate of drug-likeness (QED) is 0.673. The fourth-order valence-electron chi connectivity index (χ4n) is 2.11. The molecule has 0 bridgehead atoms. The van der Waals surface area contributed by atoms with Gasteiger partial charge in [-0.25, -0.2) is 4.79 Å². The standard InChI is InChI=1S/C12H14N2O4S/c1-13(9-4-5-19-7-9)8-2-3-11(14(17)18)10(6-8)12(15)16/h2-3,6,9H,4-5,7H2,1H3,(H,15,16). The lowest BCUT2D eigenvalue weighted by atomic mass is 10.1. The summed E-state index contributed by atoms with van der Waals surface area (Å²) >= 11 is 1.86. The van der Waals surface area contributed by atoms with Crippen LogP contribution in [0.25, 0.3) is 0 Å². The summed E-state index contributed by atoms with van der Waals surface area (Å²) in [6.07, 6.45) is 1.04. The molecule has 1 unspecified atom stereocenters. The van der Waals surface area contributed by atoms with Gasteiger partial charge in [0.25, 0.3) is 5.69 Å². The number of hydrogen-bond acceptors (Lipinski definition) is 5. The summed E-state index contributed by atoms with van der Waals surface area (Å²) in [6.45, 7) is 0. The molecular weight excluding hydrogens is 268 g/mol. The summed E-state index contributed by atoms with van der Waals surface area (Å²) in [7, 11) is 1.89. The number of carboxylic acid groups (broad SMARTS) is 1. The van der Waals surface area contributed by atoms with Gasteiger partial charge in [0, 0.05) is 30.6 Å². The average Bonchev–Trinajstić information content (AvgIpc) is 2.90. The zero-order valence-electron chi connectivity index (χ0n) is 10.4. The number of aromatic carboxylic acids is 1. The Bertz CT molecular complexity index is 514. The van der Waals surface area contributed by atoms with Gasteiger partial charge in [-0.1, -0.05) is 0 Å². The fourth-order valence-corrected chi connectivity index (χ4v) is 3.38. The monoisotopic (exact) mass is 282 g/mol. The van der Waals surface area contributed by atoms with E-state index >= 15 is 0 Å². The molecule has 7 heteroatoms. The van der Waals surface area contributed by atoms with Crippen molar-refractivity contribution in [2.24, 2.45) is 0 Å². The van der Waals surface area contributed by atoms with Gasteiger partial charge in [-0.15, -0.1) is 0 Å². The highest BCUT2D eigenvalue weighted by atomic mass is 32.2. The van der Waals surface area contributed by atoms with Gasteiger partial charge in [0.05, 0.1) is 4.92 Å². The molecule has 1 saturated heterocycles. The SMILES string of the molecule is CN(c1ccc([N+](=O)[O-])c(C(=O)O)c1)C1CCSC1. The van der Waals surface area contributed by atoms with E-state index in [0.717, 1.165) is 17.9 Å². The summed E-state index contributed by atoms with van der Waals surface area (Å²) in [5.41, 5.74) is 0.0703. The number of carbonyl (C=O) groups is 1. The molecule has 2 rings (SSSR count). The smallest absolute Gasteiger partial charge is 0.342 e. The van der Waals surface area contributed by atoms with E-state index in [1.165, 1.54) is 12.1 Å². The number of carboxylic acids is 1. The number of benzene rings is 1. The van der Waals surface area contributed by atoms with E-state index in [9.17, 15) is 14.9 Å². The predicted octanol–water partition coefficient (Wildman–Crippen LogP) is 2.23. The van der Waals surface area contributed by atoms with Gasteiger partial charge in [-0.05, 0) is 24.3 Å². The minimum Gasteiger partial charge on any atom is -0.477 e. The largest absolute Gasteiger partial charge is 0.477 e. The van der Waals surface area contributed by atoms with E-state index in [4.69, 9.17) is 5.11 Å². The molecule has 0 amide bonds. The molecule has 1 aliphatic rings. The second kappa shape index (κ2) is 5.48. The van der Waals surface area contributed by atoms with Crippen molar-refractivity contribution in [1.82, 2.24) is 0 Å². The van der Waals surface area contributed by atoms with E-state index in [-0.39, 0.29) is 11.3 Å². The van der Waals surface area contributed by atoms with Crippen LogP contribution in [0.1, 0.15) is 16.8 Å². The van der Waals surface area contributed by atoms with Gasteiger partial charge in [-0.2, -0.15) is 11.8 Å². The van der Waals surface area contributed by atoms with E-state index in [2.05, 4.69) is 0 Å². The highest BCUT2D eigenvalue weighted by Gasteiger charge is 2.24. The Labute approximate surface area is 114 Å². The van der Waals surface area contributed by atoms with Crippen molar-refractivity contribution in [1.29, 1.82) is 0 Å². The van der Waals surface area contributed by atoms with Gasteiger partial charge < -0.3 is 10.0 Å². The molecule has 1 aromatic rings. The van der Waals surface area contributed by atoms with E-state index in [1.54, 1.807) is 6.07 Å². The maximum absolute atomic E-state index is 11.1. The Hall–Kier alpha value is -1.76. The van der Waals surface area contributed by atoms with Gasteiger partial charge in [0.2, 0.25) is 0 Å². The number of thioether (sulfide) groups is 1. The third-order valence-corrected chi connectivity index (χ3v) is 4.41. The number of anilines is 1. The van der Waals surface area contributed by atoms with Crippen LogP contribution in [-0.4, -0.2) is 40.6 Å². The Kier molecular flexibility index (Phi) is 3.94. The van der Waals surface area contributed by atoms with Crippen molar-refractivity contribution in [2.45, 2.75) is 12.5 Å². The molecule has 19 heavy (non-hydrogen) atoms. The van der Waals surface area contributed by atoms with Crippen molar-refractivity contribution < 1.29 is 14.8 Å². The van der Waals surface area contributed by atoms with Gasteiger partial charge >= 0.3 is 5.97 Å². The molecule has 0 aromatic heterocycles. The molecule has 0 saturated carbocycles. The number of rotatable bonds is 4. The molecule has 1 N–H and O–H groups in total. The van der Waals surface area contributed by atoms with Crippen LogP contribution in [0.15, 0.2) is 18.2 Å². The van der Waals surface area contributed by atoms with E-state index in [0.29, 0.717) is 11.7 Å². The van der Waals surface area contributed by atoms with Crippen LogP contribution in [0.5, 0.6) is 0 Å². The Morgan fingerprint density at radius 3 is 2.84 bits per heavy atom. The summed E-state index contributed by atoms with van der Waals surface area (Å²) in [6, 6.07) is 4.60. The van der Waals surface area contributed by atoms with E-state index < -0.39 is 10.9 Å². The molecule has 102 valence electrons. The van der Waals surface area contributed by atoms with Crippen LogP contribution in [0, 0.1) is 10.1 Å². The number of nitrogens with zero attached hydrogens (tertiary/aromatic N) is 2. The highest BCUT2D eigenvalue weighted by Crippen LogP contribution is 2.29. The maximum atomic E-state index is 11.1. The van der Waals surface area contributed by atoms with Gasteiger partial charge in [-0.3, -0.25) is 10.1 Å². The van der Waals surface area contributed by atoms with Crippen LogP contribution in [0.2, 0.25) is 0 Å². The van der Waals surface area contributed by atoms with Crippen molar-refractivity contribution >= 4 is 29.1 Å². The molecule has 1 aromatic carbocycles. The first-order valence-corrected chi connectivity index (χ1v) is 6.98. The zero-order valence-corrected chi connectivity index (χ0v) is 11.2.